The van der Waals surface area contributed by atoms with Crippen LogP contribution < -0.4 is 5.32 Å². The molecule has 1 fully saturated rings. The highest BCUT2D eigenvalue weighted by molar-refractivity contribution is 7.91. The fourth-order valence-corrected chi connectivity index (χ4v) is 5.07. The molecule has 0 radical (unpaired) electrons. The maximum absolute atomic E-state index is 12.7. The molecule has 1 amide bonds. The lowest BCUT2D eigenvalue weighted by Gasteiger charge is -2.19. The summed E-state index contributed by atoms with van der Waals surface area (Å²) in [6.45, 7) is 3.64. The van der Waals surface area contributed by atoms with Crippen molar-refractivity contribution in [3.63, 3.8) is 0 Å². The zero-order chi connectivity index (χ0) is 20.5. The molecular weight excluding hydrogens is 402 g/mol. The fraction of sp³-hybridized carbons (Fsp3) is 0.474. The molecule has 0 saturated carbocycles. The van der Waals surface area contributed by atoms with Gasteiger partial charge in [0.1, 0.15) is 0 Å². The first kappa shape index (κ1) is 20.8. The van der Waals surface area contributed by atoms with Crippen molar-refractivity contribution in [3.8, 4) is 11.3 Å². The van der Waals surface area contributed by atoms with E-state index in [9.17, 15) is 18.3 Å². The van der Waals surface area contributed by atoms with Crippen molar-refractivity contribution >= 4 is 27.3 Å². The molecular formula is C19H24ClN3O4S. The van der Waals surface area contributed by atoms with Crippen LogP contribution in [0.25, 0.3) is 11.3 Å². The van der Waals surface area contributed by atoms with E-state index in [-0.39, 0.29) is 41.8 Å². The average Bonchev–Trinajstić information content (AvgIpc) is 3.23. The van der Waals surface area contributed by atoms with Gasteiger partial charge in [0.05, 0.1) is 35.9 Å². The molecule has 0 bridgehead atoms. The lowest BCUT2D eigenvalue weighted by atomic mass is 10.1. The van der Waals surface area contributed by atoms with E-state index in [0.29, 0.717) is 17.1 Å². The van der Waals surface area contributed by atoms with Crippen LogP contribution >= 0.6 is 11.6 Å². The molecule has 0 aliphatic carbocycles. The fourth-order valence-electron chi connectivity index (χ4n) is 3.25. The molecule has 9 heteroatoms. The third kappa shape index (κ3) is 4.56. The highest BCUT2D eigenvalue weighted by atomic mass is 35.5. The van der Waals surface area contributed by atoms with Gasteiger partial charge < -0.3 is 10.4 Å². The molecule has 2 aromatic rings. The van der Waals surface area contributed by atoms with E-state index in [4.69, 9.17) is 11.6 Å². The number of hydrogen-bond acceptors (Lipinski definition) is 5. The van der Waals surface area contributed by atoms with Crippen molar-refractivity contribution in [1.29, 1.82) is 0 Å². The summed E-state index contributed by atoms with van der Waals surface area (Å²) >= 11 is 5.97. The molecule has 152 valence electrons. The van der Waals surface area contributed by atoms with Crippen LogP contribution in [0.5, 0.6) is 0 Å². The van der Waals surface area contributed by atoms with E-state index < -0.39 is 15.7 Å². The number of aromatic nitrogens is 2. The van der Waals surface area contributed by atoms with Gasteiger partial charge in [-0.3, -0.25) is 9.48 Å². The SMILES string of the molecule is CC(C)[C@@H](CO)NC(=O)c1cc(-c2ccc(Cl)cc2)n([C@H]2CCS(=O)(=O)C2)n1. The van der Waals surface area contributed by atoms with Gasteiger partial charge in [-0.05, 0) is 36.1 Å². The maximum Gasteiger partial charge on any atom is 0.272 e. The molecule has 1 aliphatic rings. The summed E-state index contributed by atoms with van der Waals surface area (Å²) in [6.07, 6.45) is 0.455. The number of hydrogen-bond donors (Lipinski definition) is 2. The van der Waals surface area contributed by atoms with Crippen molar-refractivity contribution in [1.82, 2.24) is 15.1 Å². The lowest BCUT2D eigenvalue weighted by Crippen LogP contribution is -2.41. The van der Waals surface area contributed by atoms with E-state index in [0.717, 1.165) is 5.56 Å². The minimum atomic E-state index is -3.11. The first-order valence-corrected chi connectivity index (χ1v) is 11.4. The zero-order valence-corrected chi connectivity index (χ0v) is 17.4. The van der Waals surface area contributed by atoms with Crippen molar-refractivity contribution < 1.29 is 18.3 Å². The van der Waals surface area contributed by atoms with Gasteiger partial charge in [0, 0.05) is 5.02 Å². The minimum absolute atomic E-state index is 0.00158. The van der Waals surface area contributed by atoms with Crippen molar-refractivity contribution in [2.24, 2.45) is 5.92 Å². The second-order valence-electron chi connectivity index (χ2n) is 7.43. The van der Waals surface area contributed by atoms with Gasteiger partial charge >= 0.3 is 0 Å². The van der Waals surface area contributed by atoms with Crippen molar-refractivity contribution in [2.75, 3.05) is 18.1 Å². The van der Waals surface area contributed by atoms with Crippen LogP contribution in [0.4, 0.5) is 0 Å². The van der Waals surface area contributed by atoms with Gasteiger partial charge in [0.25, 0.3) is 5.91 Å². The number of benzene rings is 1. The first-order valence-electron chi connectivity index (χ1n) is 9.18. The molecule has 0 unspecified atom stereocenters. The Morgan fingerprint density at radius 3 is 2.57 bits per heavy atom. The summed E-state index contributed by atoms with van der Waals surface area (Å²) in [7, 11) is -3.11. The number of carbonyl (C=O) groups excluding carboxylic acids is 1. The van der Waals surface area contributed by atoms with Crippen LogP contribution in [0.1, 0.15) is 36.8 Å². The summed E-state index contributed by atoms with van der Waals surface area (Å²) in [5, 5.41) is 17.3. The smallest absolute Gasteiger partial charge is 0.272 e. The summed E-state index contributed by atoms with van der Waals surface area (Å²) in [5.74, 6) is -0.227. The molecule has 2 N–H and O–H groups in total. The van der Waals surface area contributed by atoms with Crippen LogP contribution in [0, 0.1) is 5.92 Å². The Hall–Kier alpha value is -1.90. The largest absolute Gasteiger partial charge is 0.394 e. The number of halogens is 1. The topological polar surface area (TPSA) is 101 Å². The quantitative estimate of drug-likeness (QED) is 0.739. The Bertz CT molecular complexity index is 954. The standard InChI is InChI=1S/C19H24ClN3O4S/c1-12(2)17(10-24)21-19(25)16-9-18(13-3-5-14(20)6-4-13)23(22-16)15-7-8-28(26,27)11-15/h3-6,9,12,15,17,24H,7-8,10-11H2,1-2H3,(H,21,25)/t15-,17+/m0/s1. The number of aliphatic hydroxyl groups is 1. The Balaban J connectivity index is 1.98. The Morgan fingerprint density at radius 2 is 2.04 bits per heavy atom. The van der Waals surface area contributed by atoms with Gasteiger partial charge in [-0.15, -0.1) is 0 Å². The molecule has 1 aliphatic heterocycles. The minimum Gasteiger partial charge on any atom is -0.394 e. The molecule has 28 heavy (non-hydrogen) atoms. The molecule has 0 spiro atoms. The number of nitrogens with one attached hydrogen (secondary N) is 1. The molecule has 1 aromatic carbocycles. The van der Waals surface area contributed by atoms with Gasteiger partial charge in [0.15, 0.2) is 15.5 Å². The molecule has 7 nitrogen and oxygen atoms in total. The summed E-state index contributed by atoms with van der Waals surface area (Å²) in [6, 6.07) is 8.04. The van der Waals surface area contributed by atoms with E-state index in [2.05, 4.69) is 10.4 Å². The summed E-state index contributed by atoms with van der Waals surface area (Å²) in [5.41, 5.74) is 1.64. The molecule has 1 saturated heterocycles. The van der Waals surface area contributed by atoms with Crippen molar-refractivity contribution in [2.45, 2.75) is 32.4 Å². The van der Waals surface area contributed by atoms with Crippen LogP contribution in [0.15, 0.2) is 30.3 Å². The number of rotatable bonds is 6. The van der Waals surface area contributed by atoms with Crippen LogP contribution in [0.2, 0.25) is 5.02 Å². The highest BCUT2D eigenvalue weighted by Crippen LogP contribution is 2.30. The number of sulfone groups is 1. The van der Waals surface area contributed by atoms with Crippen LogP contribution in [-0.4, -0.2) is 53.4 Å². The van der Waals surface area contributed by atoms with E-state index in [1.54, 1.807) is 22.9 Å². The van der Waals surface area contributed by atoms with Gasteiger partial charge in [-0.2, -0.15) is 5.10 Å². The Labute approximate surface area is 169 Å². The second kappa shape index (κ2) is 8.23. The third-order valence-corrected chi connectivity index (χ3v) is 6.98. The maximum atomic E-state index is 12.7. The molecule has 2 atom stereocenters. The highest BCUT2D eigenvalue weighted by Gasteiger charge is 2.32. The number of amides is 1. The number of nitrogens with zero attached hydrogens (tertiary/aromatic N) is 2. The molecule has 1 aromatic heterocycles. The van der Waals surface area contributed by atoms with Gasteiger partial charge in [-0.25, -0.2) is 8.42 Å². The molecule has 2 heterocycles. The predicted octanol–water partition coefficient (Wildman–Crippen LogP) is 2.31. The predicted molar refractivity (Wildman–Crippen MR) is 108 cm³/mol. The van der Waals surface area contributed by atoms with Gasteiger partial charge in [0.2, 0.25) is 0 Å². The van der Waals surface area contributed by atoms with Gasteiger partial charge in [-0.1, -0.05) is 37.6 Å². The Kier molecular flexibility index (Phi) is 6.12. The zero-order valence-electron chi connectivity index (χ0n) is 15.8. The summed E-state index contributed by atoms with van der Waals surface area (Å²) in [4.78, 5) is 12.7. The third-order valence-electron chi connectivity index (χ3n) is 4.98. The number of aliphatic hydroxyl groups excluding tert-OH is 1. The summed E-state index contributed by atoms with van der Waals surface area (Å²) < 4.78 is 25.5. The monoisotopic (exact) mass is 425 g/mol. The second-order valence-corrected chi connectivity index (χ2v) is 10.1. The first-order chi connectivity index (χ1) is 13.2. The normalized spacial score (nSPS) is 19.7. The lowest BCUT2D eigenvalue weighted by molar-refractivity contribution is 0.0890. The molecule has 3 rings (SSSR count). The van der Waals surface area contributed by atoms with E-state index >= 15 is 0 Å². The number of carbonyl (C=O) groups is 1. The van der Waals surface area contributed by atoms with E-state index in [1.165, 1.54) is 0 Å². The average molecular weight is 426 g/mol. The van der Waals surface area contributed by atoms with Crippen LogP contribution in [0.3, 0.4) is 0 Å². The van der Waals surface area contributed by atoms with Crippen molar-refractivity contribution in [3.05, 3.63) is 41.0 Å². The van der Waals surface area contributed by atoms with E-state index in [1.807, 2.05) is 26.0 Å². The van der Waals surface area contributed by atoms with Crippen LogP contribution in [-0.2, 0) is 9.84 Å². The Morgan fingerprint density at radius 1 is 1.36 bits per heavy atom.